The number of carbonyl (C=O) groups excluding carboxylic acids is 1. The van der Waals surface area contributed by atoms with Crippen LogP contribution in [0.5, 0.6) is 0 Å². The Bertz CT molecular complexity index is 852. The highest BCUT2D eigenvalue weighted by atomic mass is 32.1. The second kappa shape index (κ2) is 6.18. The lowest BCUT2D eigenvalue weighted by Gasteiger charge is -2.28. The van der Waals surface area contributed by atoms with Gasteiger partial charge in [0.25, 0.3) is 5.91 Å². The third kappa shape index (κ3) is 2.53. The Kier molecular flexibility index (Phi) is 3.86. The van der Waals surface area contributed by atoms with Gasteiger partial charge in [-0.2, -0.15) is 0 Å². The number of carbonyl (C=O) groups is 1. The lowest BCUT2D eigenvalue weighted by Crippen LogP contribution is -2.45. The fraction of sp³-hybridized carbons (Fsp3) is 0.100. The van der Waals surface area contributed by atoms with E-state index >= 15 is 0 Å². The van der Waals surface area contributed by atoms with Crippen molar-refractivity contribution in [1.82, 2.24) is 10.2 Å². The first kappa shape index (κ1) is 15.6. The molecule has 1 aliphatic rings. The summed E-state index contributed by atoms with van der Waals surface area (Å²) in [5.74, 6) is 0.584. The highest BCUT2D eigenvalue weighted by molar-refractivity contribution is 7.80. The minimum atomic E-state index is -1.02. The average Bonchev–Trinajstić information content (AvgIpc) is 3.26. The summed E-state index contributed by atoms with van der Waals surface area (Å²) in [4.78, 5) is 15.1. The van der Waals surface area contributed by atoms with Gasteiger partial charge in [-0.25, -0.2) is 0 Å². The van der Waals surface area contributed by atoms with Crippen molar-refractivity contribution in [2.75, 3.05) is 0 Å². The van der Waals surface area contributed by atoms with Crippen LogP contribution in [-0.2, 0) is 16.9 Å². The number of nitrogens with one attached hydrogen (secondary N) is 1. The normalized spacial score (nSPS) is 16.1. The van der Waals surface area contributed by atoms with Gasteiger partial charge < -0.3 is 9.73 Å². The van der Waals surface area contributed by atoms with Gasteiger partial charge in [0, 0.05) is 0 Å². The fourth-order valence-corrected chi connectivity index (χ4v) is 3.51. The molecular weight excluding hydrogens is 332 g/mol. The van der Waals surface area contributed by atoms with Crippen molar-refractivity contribution in [2.24, 2.45) is 0 Å². The molecule has 0 bridgehead atoms. The van der Waals surface area contributed by atoms with Gasteiger partial charge in [-0.1, -0.05) is 60.7 Å². The maximum absolute atomic E-state index is 13.5. The van der Waals surface area contributed by atoms with Gasteiger partial charge in [0.05, 0.1) is 12.8 Å². The summed E-state index contributed by atoms with van der Waals surface area (Å²) in [5, 5.41) is 3.68. The van der Waals surface area contributed by atoms with E-state index in [-0.39, 0.29) is 5.91 Å². The van der Waals surface area contributed by atoms with Crippen LogP contribution in [0.25, 0.3) is 0 Å². The predicted octanol–water partition coefficient (Wildman–Crippen LogP) is 3.44. The molecular formula is C20H16N2O2S. The SMILES string of the molecule is O=C1N(Cc2ccco2)C(=S)NC1(c1ccccc1)c1ccccc1. The summed E-state index contributed by atoms with van der Waals surface area (Å²) in [7, 11) is 0. The summed E-state index contributed by atoms with van der Waals surface area (Å²) in [5.41, 5.74) is 0.692. The van der Waals surface area contributed by atoms with E-state index in [0.717, 1.165) is 11.1 Å². The second-order valence-electron chi connectivity index (χ2n) is 5.88. The molecule has 1 aliphatic heterocycles. The van der Waals surface area contributed by atoms with Crippen molar-refractivity contribution < 1.29 is 9.21 Å². The van der Waals surface area contributed by atoms with E-state index in [9.17, 15) is 4.79 Å². The molecule has 0 saturated carbocycles. The van der Waals surface area contributed by atoms with Crippen LogP contribution in [0.2, 0.25) is 0 Å². The lowest BCUT2D eigenvalue weighted by atomic mass is 9.82. The number of thiocarbonyl (C=S) groups is 1. The molecule has 1 saturated heterocycles. The minimum Gasteiger partial charge on any atom is -0.467 e. The molecule has 5 heteroatoms. The second-order valence-corrected chi connectivity index (χ2v) is 6.27. The summed E-state index contributed by atoms with van der Waals surface area (Å²) in [6.45, 7) is 0.305. The Labute approximate surface area is 151 Å². The number of amides is 1. The van der Waals surface area contributed by atoms with Gasteiger partial charge in [0.15, 0.2) is 10.7 Å². The van der Waals surface area contributed by atoms with Gasteiger partial charge in [-0.15, -0.1) is 0 Å². The summed E-state index contributed by atoms with van der Waals surface area (Å²) in [6, 6.07) is 23.0. The Morgan fingerprint density at radius 3 is 2.04 bits per heavy atom. The molecule has 1 fully saturated rings. The highest BCUT2D eigenvalue weighted by Crippen LogP contribution is 2.36. The van der Waals surface area contributed by atoms with E-state index in [1.54, 1.807) is 17.2 Å². The van der Waals surface area contributed by atoms with Crippen LogP contribution in [0.15, 0.2) is 83.5 Å². The van der Waals surface area contributed by atoms with Crippen LogP contribution in [0, 0.1) is 0 Å². The molecule has 2 aromatic carbocycles. The zero-order chi connectivity index (χ0) is 17.3. The number of furan rings is 1. The van der Waals surface area contributed by atoms with E-state index < -0.39 is 5.54 Å². The first-order chi connectivity index (χ1) is 12.2. The molecule has 1 aromatic heterocycles. The first-order valence-corrected chi connectivity index (χ1v) is 8.40. The van der Waals surface area contributed by atoms with Crippen LogP contribution in [0.3, 0.4) is 0 Å². The number of hydrogen-bond donors (Lipinski definition) is 1. The van der Waals surface area contributed by atoms with Crippen molar-refractivity contribution in [1.29, 1.82) is 0 Å². The molecule has 1 N–H and O–H groups in total. The van der Waals surface area contributed by atoms with Crippen LogP contribution >= 0.6 is 12.2 Å². The Morgan fingerprint density at radius 1 is 0.920 bits per heavy atom. The number of rotatable bonds is 4. The largest absolute Gasteiger partial charge is 0.467 e. The van der Waals surface area contributed by atoms with E-state index in [1.807, 2.05) is 66.7 Å². The van der Waals surface area contributed by atoms with Crippen LogP contribution < -0.4 is 5.32 Å². The van der Waals surface area contributed by atoms with Gasteiger partial charge in [-0.3, -0.25) is 9.69 Å². The predicted molar refractivity (Wildman–Crippen MR) is 98.7 cm³/mol. The first-order valence-electron chi connectivity index (χ1n) is 7.99. The molecule has 0 unspecified atom stereocenters. The maximum Gasteiger partial charge on any atom is 0.264 e. The quantitative estimate of drug-likeness (QED) is 0.734. The number of nitrogens with zero attached hydrogens (tertiary/aromatic N) is 1. The highest BCUT2D eigenvalue weighted by Gasteiger charge is 2.52. The standard InChI is InChI=1S/C20H16N2O2S/c23-18-20(15-8-3-1-4-9-15,16-10-5-2-6-11-16)21-19(25)22(18)14-17-12-7-13-24-17/h1-13H,14H2,(H,21,25). The minimum absolute atomic E-state index is 0.105. The van der Waals surface area contributed by atoms with E-state index in [1.165, 1.54) is 0 Å². The van der Waals surface area contributed by atoms with Gasteiger partial charge in [0.2, 0.25) is 0 Å². The topological polar surface area (TPSA) is 45.5 Å². The molecule has 0 spiro atoms. The van der Waals surface area contributed by atoms with E-state index in [4.69, 9.17) is 16.6 Å². The van der Waals surface area contributed by atoms with Crippen molar-refractivity contribution in [3.8, 4) is 0 Å². The molecule has 4 rings (SSSR count). The molecule has 0 radical (unpaired) electrons. The molecule has 0 atom stereocenters. The summed E-state index contributed by atoms with van der Waals surface area (Å²) >= 11 is 5.49. The lowest BCUT2D eigenvalue weighted by molar-refractivity contribution is -0.130. The van der Waals surface area contributed by atoms with Crippen LogP contribution in [0.4, 0.5) is 0 Å². The Balaban J connectivity index is 1.82. The Hall–Kier alpha value is -2.92. The van der Waals surface area contributed by atoms with Crippen molar-refractivity contribution in [3.63, 3.8) is 0 Å². The zero-order valence-electron chi connectivity index (χ0n) is 13.4. The summed E-state index contributed by atoms with van der Waals surface area (Å²) < 4.78 is 5.39. The molecule has 124 valence electrons. The average molecular weight is 348 g/mol. The van der Waals surface area contributed by atoms with Gasteiger partial charge in [0.1, 0.15) is 5.76 Å². The zero-order valence-corrected chi connectivity index (χ0v) is 14.2. The van der Waals surface area contributed by atoms with Gasteiger partial charge >= 0.3 is 0 Å². The molecule has 2 heterocycles. The molecule has 4 nitrogen and oxygen atoms in total. The van der Waals surface area contributed by atoms with Crippen molar-refractivity contribution >= 4 is 23.2 Å². The number of benzene rings is 2. The monoisotopic (exact) mass is 348 g/mol. The van der Waals surface area contributed by atoms with E-state index in [2.05, 4.69) is 5.32 Å². The van der Waals surface area contributed by atoms with Crippen molar-refractivity contribution in [3.05, 3.63) is 95.9 Å². The molecule has 3 aromatic rings. The number of hydrogen-bond acceptors (Lipinski definition) is 3. The Morgan fingerprint density at radius 2 is 1.52 bits per heavy atom. The fourth-order valence-electron chi connectivity index (χ4n) is 3.21. The molecule has 25 heavy (non-hydrogen) atoms. The molecule has 0 aliphatic carbocycles. The third-order valence-corrected chi connectivity index (χ3v) is 4.74. The maximum atomic E-state index is 13.5. The smallest absolute Gasteiger partial charge is 0.264 e. The summed E-state index contributed by atoms with van der Waals surface area (Å²) in [6.07, 6.45) is 1.59. The molecule has 1 amide bonds. The van der Waals surface area contributed by atoms with Gasteiger partial charge in [-0.05, 0) is 35.5 Å². The van der Waals surface area contributed by atoms with Crippen LogP contribution in [-0.4, -0.2) is 15.9 Å². The van der Waals surface area contributed by atoms with E-state index in [0.29, 0.717) is 17.4 Å². The third-order valence-electron chi connectivity index (χ3n) is 4.41. The van der Waals surface area contributed by atoms with Crippen LogP contribution in [0.1, 0.15) is 16.9 Å². The van der Waals surface area contributed by atoms with Crippen molar-refractivity contribution in [2.45, 2.75) is 12.1 Å².